The molecule has 4 aromatic rings. The van der Waals surface area contributed by atoms with E-state index in [4.69, 9.17) is 0 Å². The van der Waals surface area contributed by atoms with Gasteiger partial charge in [-0.25, -0.2) is 4.98 Å². The molecule has 0 saturated carbocycles. The van der Waals surface area contributed by atoms with E-state index in [1.165, 1.54) is 0 Å². The third-order valence-corrected chi connectivity index (χ3v) is 5.19. The van der Waals surface area contributed by atoms with Crippen LogP contribution in [0.3, 0.4) is 0 Å². The number of hydrogen-bond acceptors (Lipinski definition) is 9. The molecule has 9 nitrogen and oxygen atoms in total. The van der Waals surface area contributed by atoms with Gasteiger partial charge in [-0.05, 0) is 24.6 Å². The predicted molar refractivity (Wildman–Crippen MR) is 123 cm³/mol. The highest BCUT2D eigenvalue weighted by atomic mass is 32.2. The third-order valence-electron chi connectivity index (χ3n) is 4.46. The second-order valence-electron chi connectivity index (χ2n) is 6.54. The van der Waals surface area contributed by atoms with Crippen molar-refractivity contribution in [2.45, 2.75) is 6.92 Å². The smallest absolute Gasteiger partial charge is 0.229 e. The summed E-state index contributed by atoms with van der Waals surface area (Å²) in [5, 5.41) is 13.3. The molecule has 0 spiro atoms. The van der Waals surface area contributed by atoms with Crippen molar-refractivity contribution in [3.05, 3.63) is 55.3 Å². The first-order valence-corrected chi connectivity index (χ1v) is 10.3. The Bertz CT molecular complexity index is 1190. The zero-order valence-electron chi connectivity index (χ0n) is 16.8. The van der Waals surface area contributed by atoms with Crippen LogP contribution in [-0.2, 0) is 0 Å². The zero-order chi connectivity index (χ0) is 21.1. The van der Waals surface area contributed by atoms with Gasteiger partial charge < -0.3 is 14.9 Å². The molecule has 4 rings (SSSR count). The molecule has 3 N–H and O–H groups in total. The number of fused-ring (bicyclic) bond motifs is 1. The Hall–Kier alpha value is -3.66. The van der Waals surface area contributed by atoms with Gasteiger partial charge in [0.1, 0.15) is 11.3 Å². The molecule has 3 heterocycles. The molecule has 1 aromatic carbocycles. The van der Waals surface area contributed by atoms with E-state index in [1.807, 2.05) is 36.7 Å². The van der Waals surface area contributed by atoms with E-state index in [-0.39, 0.29) is 0 Å². The normalized spacial score (nSPS) is 10.8. The number of nitrogens with zero attached hydrogens (tertiary/aromatic N) is 6. The van der Waals surface area contributed by atoms with Crippen molar-refractivity contribution < 1.29 is 0 Å². The van der Waals surface area contributed by atoms with Crippen LogP contribution in [0.25, 0.3) is 16.6 Å². The molecule has 0 aliphatic heterocycles. The van der Waals surface area contributed by atoms with E-state index >= 15 is 0 Å². The molecular formula is C20H21N9S. The Labute approximate surface area is 178 Å². The van der Waals surface area contributed by atoms with Crippen molar-refractivity contribution in [3.8, 4) is 0 Å². The van der Waals surface area contributed by atoms with Gasteiger partial charge in [-0.3, -0.25) is 15.1 Å². The molecule has 0 aliphatic rings. The quantitative estimate of drug-likeness (QED) is 0.376. The standard InChI is InChI=1S/C20H21N9S/c1-12(2)14-11-23-20(26-13-9-24-25-10-13)28-19(14)27-16-6-5-15-17(22-8-7-21-15)18(16)29(3)30-4/h5-11H,1H2,2-4H3,(H,24,25)(H2,23,26,27,28). The molecule has 30 heavy (non-hydrogen) atoms. The first-order chi connectivity index (χ1) is 14.6. The first-order valence-electron chi connectivity index (χ1n) is 9.14. The van der Waals surface area contributed by atoms with Crippen LogP contribution in [0.1, 0.15) is 12.5 Å². The molecule has 0 radical (unpaired) electrons. The lowest BCUT2D eigenvalue weighted by molar-refractivity contribution is 1.09. The van der Waals surface area contributed by atoms with Crippen LogP contribution >= 0.6 is 11.9 Å². The lowest BCUT2D eigenvalue weighted by Crippen LogP contribution is -2.11. The van der Waals surface area contributed by atoms with E-state index in [9.17, 15) is 0 Å². The molecule has 0 atom stereocenters. The number of allylic oxidation sites excluding steroid dienone is 1. The Morgan fingerprint density at radius 1 is 1.13 bits per heavy atom. The molecule has 3 aromatic heterocycles. The SMILES string of the molecule is C=C(C)c1cnc(Nc2cn[nH]c2)nc1Nc1ccc2nccnc2c1N(C)SC. The highest BCUT2D eigenvalue weighted by Gasteiger charge is 2.16. The van der Waals surface area contributed by atoms with Crippen molar-refractivity contribution in [2.24, 2.45) is 0 Å². The van der Waals surface area contributed by atoms with Crippen LogP contribution in [0.4, 0.5) is 28.8 Å². The van der Waals surface area contributed by atoms with Crippen molar-refractivity contribution in [2.75, 3.05) is 28.2 Å². The summed E-state index contributed by atoms with van der Waals surface area (Å²) in [4.78, 5) is 18.0. The molecular weight excluding hydrogens is 398 g/mol. The van der Waals surface area contributed by atoms with E-state index in [0.717, 1.165) is 39.2 Å². The number of rotatable bonds is 7. The van der Waals surface area contributed by atoms with Crippen LogP contribution in [0.15, 0.2) is 49.7 Å². The van der Waals surface area contributed by atoms with Gasteiger partial charge in [0, 0.05) is 43.7 Å². The van der Waals surface area contributed by atoms with Crippen molar-refractivity contribution in [1.29, 1.82) is 0 Å². The zero-order valence-corrected chi connectivity index (χ0v) is 17.7. The highest BCUT2D eigenvalue weighted by Crippen LogP contribution is 2.37. The van der Waals surface area contributed by atoms with Crippen molar-refractivity contribution in [3.63, 3.8) is 0 Å². The van der Waals surface area contributed by atoms with Gasteiger partial charge in [-0.15, -0.1) is 0 Å². The first kappa shape index (κ1) is 19.6. The molecule has 0 bridgehead atoms. The molecule has 0 amide bonds. The van der Waals surface area contributed by atoms with E-state index in [2.05, 4.69) is 47.3 Å². The lowest BCUT2D eigenvalue weighted by Gasteiger charge is -2.22. The number of aromatic amines is 1. The number of anilines is 5. The summed E-state index contributed by atoms with van der Waals surface area (Å²) < 4.78 is 2.05. The van der Waals surface area contributed by atoms with Gasteiger partial charge >= 0.3 is 0 Å². The number of aromatic nitrogens is 6. The van der Waals surface area contributed by atoms with Crippen molar-refractivity contribution in [1.82, 2.24) is 30.1 Å². The predicted octanol–water partition coefficient (Wildman–Crippen LogP) is 4.38. The van der Waals surface area contributed by atoms with Crippen LogP contribution in [0, 0.1) is 0 Å². The molecule has 10 heteroatoms. The van der Waals surface area contributed by atoms with Gasteiger partial charge in [-0.2, -0.15) is 10.1 Å². The summed E-state index contributed by atoms with van der Waals surface area (Å²) >= 11 is 1.59. The van der Waals surface area contributed by atoms with Gasteiger partial charge in [-0.1, -0.05) is 18.5 Å². The van der Waals surface area contributed by atoms with Crippen LogP contribution in [0.2, 0.25) is 0 Å². The topological polar surface area (TPSA) is 108 Å². The fourth-order valence-corrected chi connectivity index (χ4v) is 3.33. The maximum Gasteiger partial charge on any atom is 0.229 e. The minimum absolute atomic E-state index is 0.448. The fraction of sp³-hybridized carbons (Fsp3) is 0.150. The average Bonchev–Trinajstić information content (AvgIpc) is 3.26. The summed E-state index contributed by atoms with van der Waals surface area (Å²) in [6.45, 7) is 5.99. The molecule has 152 valence electrons. The van der Waals surface area contributed by atoms with Crippen LogP contribution in [0.5, 0.6) is 0 Å². The summed E-state index contributed by atoms with van der Waals surface area (Å²) in [7, 11) is 1.99. The van der Waals surface area contributed by atoms with Crippen LogP contribution in [-0.4, -0.2) is 43.4 Å². The summed E-state index contributed by atoms with van der Waals surface area (Å²) in [6.07, 6.45) is 10.5. The summed E-state index contributed by atoms with van der Waals surface area (Å²) in [5.74, 6) is 1.09. The van der Waals surface area contributed by atoms with Gasteiger partial charge in [0.15, 0.2) is 0 Å². The summed E-state index contributed by atoms with van der Waals surface area (Å²) in [6, 6.07) is 3.92. The molecule has 0 fully saturated rings. The van der Waals surface area contributed by atoms with Gasteiger partial charge in [0.25, 0.3) is 0 Å². The van der Waals surface area contributed by atoms with Crippen LogP contribution < -0.4 is 14.9 Å². The number of benzene rings is 1. The number of nitrogens with one attached hydrogen (secondary N) is 3. The summed E-state index contributed by atoms with van der Waals surface area (Å²) in [5.41, 5.74) is 5.86. The Morgan fingerprint density at radius 2 is 1.97 bits per heavy atom. The highest BCUT2D eigenvalue weighted by molar-refractivity contribution is 7.99. The Balaban J connectivity index is 1.79. The minimum atomic E-state index is 0.448. The number of hydrogen-bond donors (Lipinski definition) is 3. The minimum Gasteiger partial charge on any atom is -0.338 e. The monoisotopic (exact) mass is 419 g/mol. The maximum absolute atomic E-state index is 4.67. The van der Waals surface area contributed by atoms with E-state index < -0.39 is 0 Å². The molecule has 0 aliphatic carbocycles. The second kappa shape index (κ2) is 8.37. The third kappa shape index (κ3) is 3.90. The fourth-order valence-electron chi connectivity index (χ4n) is 2.96. The molecule has 0 saturated heterocycles. The van der Waals surface area contributed by atoms with Gasteiger partial charge in [0.05, 0.1) is 28.8 Å². The molecule has 0 unspecified atom stereocenters. The van der Waals surface area contributed by atoms with Crippen molar-refractivity contribution >= 4 is 57.4 Å². The largest absolute Gasteiger partial charge is 0.338 e. The van der Waals surface area contributed by atoms with Gasteiger partial charge in [0.2, 0.25) is 5.95 Å². The number of H-pyrrole nitrogens is 1. The van der Waals surface area contributed by atoms with E-state index in [0.29, 0.717) is 11.8 Å². The Kier molecular flexibility index (Phi) is 5.48. The lowest BCUT2D eigenvalue weighted by atomic mass is 10.1. The maximum atomic E-state index is 4.67. The Morgan fingerprint density at radius 3 is 2.70 bits per heavy atom. The second-order valence-corrected chi connectivity index (χ2v) is 7.45. The van der Waals surface area contributed by atoms with E-state index in [1.54, 1.807) is 42.9 Å². The average molecular weight is 420 g/mol.